The average Bonchev–Trinajstić information content (AvgIpc) is 2.37. The third-order valence-electron chi connectivity index (χ3n) is 3.53. The molecule has 2 rings (SSSR count). The maximum atomic E-state index is 11.7. The second kappa shape index (κ2) is 6.57. The minimum absolute atomic E-state index is 0.0764. The SMILES string of the molecule is CCOC(=O)/C=C1\CCCc2cc(NC(C)=O)cc(C)c21. The van der Waals surface area contributed by atoms with Gasteiger partial charge < -0.3 is 10.1 Å². The number of rotatable bonds is 3. The van der Waals surface area contributed by atoms with E-state index in [1.54, 1.807) is 13.0 Å². The fraction of sp³-hybridized carbons (Fsp3) is 0.412. The van der Waals surface area contributed by atoms with Crippen LogP contribution in [0.3, 0.4) is 0 Å². The number of aryl methyl sites for hydroxylation is 2. The highest BCUT2D eigenvalue weighted by atomic mass is 16.5. The quantitative estimate of drug-likeness (QED) is 0.686. The molecule has 1 aromatic carbocycles. The fourth-order valence-electron chi connectivity index (χ4n) is 2.86. The Morgan fingerprint density at radius 1 is 1.33 bits per heavy atom. The van der Waals surface area contributed by atoms with Gasteiger partial charge in [-0.1, -0.05) is 0 Å². The van der Waals surface area contributed by atoms with E-state index in [1.165, 1.54) is 12.5 Å². The Morgan fingerprint density at radius 3 is 2.76 bits per heavy atom. The Kier molecular flexibility index (Phi) is 4.78. The van der Waals surface area contributed by atoms with E-state index in [2.05, 4.69) is 5.32 Å². The van der Waals surface area contributed by atoms with Crippen LogP contribution < -0.4 is 5.32 Å². The summed E-state index contributed by atoms with van der Waals surface area (Å²) < 4.78 is 5.00. The highest BCUT2D eigenvalue weighted by Gasteiger charge is 2.18. The number of nitrogens with one attached hydrogen (secondary N) is 1. The first-order chi connectivity index (χ1) is 10.0. The maximum absolute atomic E-state index is 11.7. The second-order valence-corrected chi connectivity index (χ2v) is 5.28. The molecule has 0 fully saturated rings. The molecule has 0 aliphatic heterocycles. The van der Waals surface area contributed by atoms with E-state index in [9.17, 15) is 9.59 Å². The molecule has 0 heterocycles. The first kappa shape index (κ1) is 15.3. The highest BCUT2D eigenvalue weighted by molar-refractivity contribution is 5.94. The summed E-state index contributed by atoms with van der Waals surface area (Å²) in [5.74, 6) is -0.363. The molecule has 1 aliphatic rings. The summed E-state index contributed by atoms with van der Waals surface area (Å²) in [5, 5.41) is 2.82. The number of carbonyl (C=O) groups is 2. The van der Waals surface area contributed by atoms with E-state index in [-0.39, 0.29) is 11.9 Å². The average molecular weight is 287 g/mol. The summed E-state index contributed by atoms with van der Waals surface area (Å²) >= 11 is 0. The van der Waals surface area contributed by atoms with Gasteiger partial charge >= 0.3 is 5.97 Å². The smallest absolute Gasteiger partial charge is 0.331 e. The van der Waals surface area contributed by atoms with E-state index in [4.69, 9.17) is 4.74 Å². The Labute approximate surface area is 125 Å². The zero-order valence-corrected chi connectivity index (χ0v) is 12.8. The summed E-state index contributed by atoms with van der Waals surface area (Å²) in [6.07, 6.45) is 4.45. The van der Waals surface area contributed by atoms with Gasteiger partial charge in [-0.05, 0) is 67.5 Å². The Balaban J connectivity index is 2.39. The van der Waals surface area contributed by atoms with Crippen LogP contribution in [0.25, 0.3) is 5.57 Å². The van der Waals surface area contributed by atoms with Crippen molar-refractivity contribution in [2.75, 3.05) is 11.9 Å². The van der Waals surface area contributed by atoms with Crippen LogP contribution in [-0.2, 0) is 20.7 Å². The van der Waals surface area contributed by atoms with E-state index >= 15 is 0 Å². The Hall–Kier alpha value is -2.10. The molecular weight excluding hydrogens is 266 g/mol. The summed E-state index contributed by atoms with van der Waals surface area (Å²) in [6, 6.07) is 3.95. The minimum Gasteiger partial charge on any atom is -0.463 e. The molecule has 21 heavy (non-hydrogen) atoms. The van der Waals surface area contributed by atoms with Gasteiger partial charge in [-0.15, -0.1) is 0 Å². The number of hydrogen-bond donors (Lipinski definition) is 1. The number of hydrogen-bond acceptors (Lipinski definition) is 3. The second-order valence-electron chi connectivity index (χ2n) is 5.28. The molecular formula is C17H21NO3. The van der Waals surface area contributed by atoms with Crippen LogP contribution in [0.5, 0.6) is 0 Å². The van der Waals surface area contributed by atoms with Crippen LogP contribution in [-0.4, -0.2) is 18.5 Å². The van der Waals surface area contributed by atoms with Gasteiger partial charge in [0.1, 0.15) is 0 Å². The molecule has 4 heteroatoms. The number of amides is 1. The lowest BCUT2D eigenvalue weighted by Gasteiger charge is -2.22. The summed E-state index contributed by atoms with van der Waals surface area (Å²) in [4.78, 5) is 22.9. The number of benzene rings is 1. The lowest BCUT2D eigenvalue weighted by atomic mass is 9.84. The van der Waals surface area contributed by atoms with Crippen LogP contribution in [0.1, 0.15) is 43.4 Å². The summed E-state index contributed by atoms with van der Waals surface area (Å²) in [5.41, 5.74) is 5.23. The van der Waals surface area contributed by atoms with Crippen molar-refractivity contribution in [3.05, 3.63) is 34.9 Å². The standard InChI is InChI=1S/C17H21NO3/c1-4-21-16(20)10-14-7-5-6-13-9-15(18-12(3)19)8-11(2)17(13)14/h8-10H,4-7H2,1-3H3,(H,18,19)/b14-10+. The molecule has 1 amide bonds. The summed E-state index contributed by atoms with van der Waals surface area (Å²) in [6.45, 7) is 5.70. The zero-order valence-electron chi connectivity index (χ0n) is 12.8. The number of carbonyl (C=O) groups excluding carboxylic acids is 2. The monoisotopic (exact) mass is 287 g/mol. The van der Waals surface area contributed by atoms with Crippen molar-refractivity contribution in [1.82, 2.24) is 0 Å². The normalized spacial score (nSPS) is 15.5. The van der Waals surface area contributed by atoms with E-state index < -0.39 is 0 Å². The van der Waals surface area contributed by atoms with E-state index in [1.807, 2.05) is 19.1 Å². The van der Waals surface area contributed by atoms with Crippen molar-refractivity contribution in [2.45, 2.75) is 40.0 Å². The van der Waals surface area contributed by atoms with Gasteiger partial charge in [0.05, 0.1) is 6.61 Å². The molecule has 0 bridgehead atoms. The third kappa shape index (κ3) is 3.72. The first-order valence-electron chi connectivity index (χ1n) is 7.30. The summed E-state index contributed by atoms with van der Waals surface area (Å²) in [7, 11) is 0. The van der Waals surface area contributed by atoms with E-state index in [0.29, 0.717) is 6.61 Å². The molecule has 4 nitrogen and oxygen atoms in total. The molecule has 0 unspecified atom stereocenters. The zero-order chi connectivity index (χ0) is 15.4. The largest absolute Gasteiger partial charge is 0.463 e. The molecule has 1 aliphatic carbocycles. The van der Waals surface area contributed by atoms with Crippen LogP contribution in [0.2, 0.25) is 0 Å². The topological polar surface area (TPSA) is 55.4 Å². The van der Waals surface area contributed by atoms with Crippen molar-refractivity contribution < 1.29 is 14.3 Å². The number of esters is 1. The molecule has 1 aromatic rings. The van der Waals surface area contributed by atoms with Crippen molar-refractivity contribution in [3.8, 4) is 0 Å². The van der Waals surface area contributed by atoms with Gasteiger partial charge in [0.15, 0.2) is 0 Å². The molecule has 112 valence electrons. The number of anilines is 1. The van der Waals surface area contributed by atoms with Gasteiger partial charge in [0.25, 0.3) is 0 Å². The van der Waals surface area contributed by atoms with Gasteiger partial charge in [-0.3, -0.25) is 4.79 Å². The minimum atomic E-state index is -0.286. The molecule has 0 saturated heterocycles. The van der Waals surface area contributed by atoms with Crippen LogP contribution >= 0.6 is 0 Å². The van der Waals surface area contributed by atoms with Crippen LogP contribution in [0, 0.1) is 6.92 Å². The van der Waals surface area contributed by atoms with Crippen molar-refractivity contribution in [1.29, 1.82) is 0 Å². The molecule has 0 atom stereocenters. The van der Waals surface area contributed by atoms with Gasteiger partial charge in [-0.2, -0.15) is 0 Å². The number of fused-ring (bicyclic) bond motifs is 1. The molecule has 1 N–H and O–H groups in total. The van der Waals surface area contributed by atoms with Gasteiger partial charge in [0, 0.05) is 18.7 Å². The van der Waals surface area contributed by atoms with Crippen LogP contribution in [0.4, 0.5) is 5.69 Å². The van der Waals surface area contributed by atoms with Gasteiger partial charge in [-0.25, -0.2) is 4.79 Å². The van der Waals surface area contributed by atoms with Crippen molar-refractivity contribution in [2.24, 2.45) is 0 Å². The Morgan fingerprint density at radius 2 is 2.10 bits per heavy atom. The maximum Gasteiger partial charge on any atom is 0.331 e. The lowest BCUT2D eigenvalue weighted by molar-refractivity contribution is -0.137. The van der Waals surface area contributed by atoms with Crippen molar-refractivity contribution >= 4 is 23.1 Å². The third-order valence-corrected chi connectivity index (χ3v) is 3.53. The molecule has 0 saturated carbocycles. The fourth-order valence-corrected chi connectivity index (χ4v) is 2.86. The molecule has 0 aromatic heterocycles. The lowest BCUT2D eigenvalue weighted by Crippen LogP contribution is -2.11. The number of allylic oxidation sites excluding steroid dienone is 1. The van der Waals surface area contributed by atoms with Crippen molar-refractivity contribution in [3.63, 3.8) is 0 Å². The molecule has 0 spiro atoms. The molecule has 0 radical (unpaired) electrons. The first-order valence-corrected chi connectivity index (χ1v) is 7.30. The predicted octanol–water partition coefficient (Wildman–Crippen LogP) is 3.24. The predicted molar refractivity (Wildman–Crippen MR) is 83.0 cm³/mol. The number of ether oxygens (including phenoxy) is 1. The van der Waals surface area contributed by atoms with Crippen LogP contribution in [0.15, 0.2) is 18.2 Å². The van der Waals surface area contributed by atoms with Gasteiger partial charge in [0.2, 0.25) is 5.91 Å². The highest BCUT2D eigenvalue weighted by Crippen LogP contribution is 2.35. The van der Waals surface area contributed by atoms with E-state index in [0.717, 1.165) is 41.6 Å². The Bertz CT molecular complexity index is 602.